The second-order valence-electron chi connectivity index (χ2n) is 14.8. The number of hydrogen-bond donors (Lipinski definition) is 0. The van der Waals surface area contributed by atoms with Crippen LogP contribution in [-0.4, -0.2) is 18.7 Å². The molecular weight excluding hydrogens is 930 g/mol. The smallest absolute Gasteiger partial charge is 0.268 e. The van der Waals surface area contributed by atoms with Crippen molar-refractivity contribution in [3.63, 3.8) is 0 Å². The van der Waals surface area contributed by atoms with Gasteiger partial charge in [0.25, 0.3) is 6.33 Å². The maximum Gasteiger partial charge on any atom is 0.268 e. The molecule has 0 aliphatic heterocycles. The molecule has 8 aromatic carbocycles. The molecule has 292 valence electrons. The fourth-order valence-electron chi connectivity index (χ4n) is 8.69. The van der Waals surface area contributed by atoms with Crippen molar-refractivity contribution in [2.75, 3.05) is 0 Å². The van der Waals surface area contributed by atoms with Crippen molar-refractivity contribution in [3.05, 3.63) is 219 Å². The Kier molecular flexibility index (Phi) is 8.95. The quantitative estimate of drug-likeness (QED) is 0.118. The second kappa shape index (κ2) is 14.9. The SMILES string of the molecule is [Pt].[c-]1c(Oc2[c-]c3c(cc2)c2ccccc2n3-c2cccc(-n3c4ccccc4c4ccccc43)n2)cccc1-n1[c-][n+](-c2ccccc2-c2ccccc2)c2ccccc21. The van der Waals surface area contributed by atoms with E-state index in [1.54, 1.807) is 0 Å². The molecule has 6 nitrogen and oxygen atoms in total. The van der Waals surface area contributed by atoms with E-state index in [0.717, 1.165) is 78.0 Å². The summed E-state index contributed by atoms with van der Waals surface area (Å²) in [5.74, 6) is 2.78. The monoisotopic (exact) mass is 962 g/mol. The van der Waals surface area contributed by atoms with Gasteiger partial charge in [0.15, 0.2) is 0 Å². The molecule has 61 heavy (non-hydrogen) atoms. The molecule has 12 rings (SSSR count). The fourth-order valence-corrected chi connectivity index (χ4v) is 8.69. The Morgan fingerprint density at radius 2 is 1.02 bits per heavy atom. The molecule has 0 aliphatic carbocycles. The van der Waals surface area contributed by atoms with Gasteiger partial charge in [0.1, 0.15) is 11.6 Å². The van der Waals surface area contributed by atoms with Gasteiger partial charge < -0.3 is 13.9 Å². The van der Waals surface area contributed by atoms with Crippen molar-refractivity contribution in [2.24, 2.45) is 0 Å². The molecule has 0 aliphatic rings. The van der Waals surface area contributed by atoms with E-state index in [1.807, 2.05) is 34.9 Å². The summed E-state index contributed by atoms with van der Waals surface area (Å²) in [6, 6.07) is 76.1. The molecule has 0 saturated carbocycles. The Labute approximate surface area is 366 Å². The maximum atomic E-state index is 6.61. The molecular formula is C54H33N5OPt-2. The van der Waals surface area contributed by atoms with Gasteiger partial charge in [-0.3, -0.25) is 9.13 Å². The minimum Gasteiger partial charge on any atom is -0.510 e. The van der Waals surface area contributed by atoms with E-state index >= 15 is 0 Å². The van der Waals surface area contributed by atoms with Crippen LogP contribution in [0.15, 0.2) is 200 Å². The summed E-state index contributed by atoms with van der Waals surface area (Å²) in [5, 5.41) is 4.57. The first-order valence-electron chi connectivity index (χ1n) is 20.0. The number of pyridine rings is 1. The molecule has 0 atom stereocenters. The molecule has 0 amide bonds. The first-order chi connectivity index (χ1) is 29.8. The van der Waals surface area contributed by atoms with Gasteiger partial charge in [-0.2, -0.15) is 18.2 Å². The zero-order valence-electron chi connectivity index (χ0n) is 32.5. The number of nitrogens with zero attached hydrogens (tertiary/aromatic N) is 5. The molecule has 0 spiro atoms. The fraction of sp³-hybridized carbons (Fsp3) is 0. The molecule has 0 N–H and O–H groups in total. The first kappa shape index (κ1) is 36.5. The first-order valence-corrected chi connectivity index (χ1v) is 20.0. The van der Waals surface area contributed by atoms with Gasteiger partial charge in [-0.05, 0) is 58.6 Å². The van der Waals surface area contributed by atoms with Crippen LogP contribution >= 0.6 is 0 Å². The Balaban J connectivity index is 0.00000420. The van der Waals surface area contributed by atoms with Crippen molar-refractivity contribution in [1.29, 1.82) is 0 Å². The number of rotatable bonds is 7. The van der Waals surface area contributed by atoms with Crippen LogP contribution in [0.1, 0.15) is 0 Å². The topological polar surface area (TPSA) is 40.8 Å². The Morgan fingerprint density at radius 1 is 0.443 bits per heavy atom. The standard InChI is InChI=1S/C54H33N5O.Pt/c1-2-16-37(17-3-1)41-20-4-8-24-46(41)57-36-56(50-28-12-13-29-51(50)57)38-18-14-19-39(34-38)60-40-32-33-45-44-23-7-11-27-49(44)59(52(45)35-40)54-31-15-30-53(55-54)58-47-25-9-5-21-42(47)43-22-6-10-26-48(43)58;/h1-33H;/q-2;. The molecule has 0 fully saturated rings. The number of imidazole rings is 1. The second-order valence-corrected chi connectivity index (χ2v) is 14.8. The summed E-state index contributed by atoms with van der Waals surface area (Å²) in [4.78, 5) is 5.34. The Bertz CT molecular complexity index is 3550. The van der Waals surface area contributed by atoms with E-state index in [0.29, 0.717) is 11.5 Å². The molecule has 0 saturated heterocycles. The average Bonchev–Trinajstić information content (AvgIpc) is 3.98. The van der Waals surface area contributed by atoms with E-state index in [4.69, 9.17) is 9.72 Å². The molecule has 0 radical (unpaired) electrons. The Morgan fingerprint density at radius 3 is 1.77 bits per heavy atom. The predicted molar refractivity (Wildman–Crippen MR) is 240 cm³/mol. The van der Waals surface area contributed by atoms with Crippen LogP contribution in [0.3, 0.4) is 0 Å². The molecule has 4 heterocycles. The van der Waals surface area contributed by atoms with E-state index < -0.39 is 0 Å². The minimum absolute atomic E-state index is 0. The van der Waals surface area contributed by atoms with Gasteiger partial charge in [0, 0.05) is 48.9 Å². The van der Waals surface area contributed by atoms with Crippen LogP contribution in [0.25, 0.3) is 88.8 Å². The van der Waals surface area contributed by atoms with Gasteiger partial charge in [0.2, 0.25) is 0 Å². The normalized spacial score (nSPS) is 11.5. The van der Waals surface area contributed by atoms with Crippen LogP contribution in [0.4, 0.5) is 0 Å². The van der Waals surface area contributed by atoms with Crippen molar-refractivity contribution in [3.8, 4) is 45.6 Å². The van der Waals surface area contributed by atoms with E-state index in [2.05, 4.69) is 202 Å². The third-order valence-corrected chi connectivity index (χ3v) is 11.3. The summed E-state index contributed by atoms with van der Waals surface area (Å²) in [7, 11) is 0. The van der Waals surface area contributed by atoms with E-state index in [-0.39, 0.29) is 21.1 Å². The summed E-state index contributed by atoms with van der Waals surface area (Å²) < 4.78 is 15.2. The number of benzene rings is 8. The van der Waals surface area contributed by atoms with Gasteiger partial charge >= 0.3 is 0 Å². The number of para-hydroxylation sites is 6. The third-order valence-electron chi connectivity index (χ3n) is 11.3. The molecule has 4 aromatic heterocycles. The van der Waals surface area contributed by atoms with Gasteiger partial charge in [0.05, 0.1) is 27.8 Å². The average molecular weight is 963 g/mol. The number of fused-ring (bicyclic) bond motifs is 7. The minimum atomic E-state index is 0. The van der Waals surface area contributed by atoms with Gasteiger partial charge in [-0.1, -0.05) is 139 Å². The molecule has 12 aromatic rings. The van der Waals surface area contributed by atoms with Crippen LogP contribution in [0, 0.1) is 18.5 Å². The summed E-state index contributed by atoms with van der Waals surface area (Å²) in [5.41, 5.74) is 10.3. The Hall–Kier alpha value is -7.53. The summed E-state index contributed by atoms with van der Waals surface area (Å²) >= 11 is 0. The predicted octanol–water partition coefficient (Wildman–Crippen LogP) is 12.4. The van der Waals surface area contributed by atoms with Gasteiger partial charge in [-0.15, -0.1) is 29.7 Å². The molecule has 0 unspecified atom stereocenters. The van der Waals surface area contributed by atoms with E-state index in [9.17, 15) is 0 Å². The van der Waals surface area contributed by atoms with Crippen molar-refractivity contribution >= 4 is 54.6 Å². The van der Waals surface area contributed by atoms with Crippen LogP contribution in [-0.2, 0) is 21.1 Å². The number of ether oxygens (including phenoxy) is 1. The van der Waals surface area contributed by atoms with Crippen molar-refractivity contribution < 1.29 is 30.4 Å². The number of aromatic nitrogens is 5. The van der Waals surface area contributed by atoms with Crippen molar-refractivity contribution in [1.82, 2.24) is 18.7 Å². The van der Waals surface area contributed by atoms with Crippen LogP contribution in [0.2, 0.25) is 0 Å². The summed E-state index contributed by atoms with van der Waals surface area (Å²) in [6.45, 7) is 0. The zero-order valence-corrected chi connectivity index (χ0v) is 34.8. The largest absolute Gasteiger partial charge is 0.510 e. The van der Waals surface area contributed by atoms with Gasteiger partial charge in [-0.25, -0.2) is 4.98 Å². The zero-order chi connectivity index (χ0) is 39.6. The maximum absolute atomic E-state index is 6.61. The summed E-state index contributed by atoms with van der Waals surface area (Å²) in [6.07, 6.45) is 3.65. The molecule has 7 heteroatoms. The van der Waals surface area contributed by atoms with Crippen LogP contribution in [0.5, 0.6) is 11.5 Å². The van der Waals surface area contributed by atoms with Crippen molar-refractivity contribution in [2.45, 2.75) is 0 Å². The third kappa shape index (κ3) is 6.06. The number of hydrogen-bond acceptors (Lipinski definition) is 2. The molecule has 0 bridgehead atoms. The van der Waals surface area contributed by atoms with E-state index in [1.165, 1.54) is 10.8 Å². The van der Waals surface area contributed by atoms with Crippen LogP contribution < -0.4 is 9.30 Å².